The van der Waals surface area contributed by atoms with E-state index in [9.17, 15) is 4.79 Å². The van der Waals surface area contributed by atoms with E-state index in [0.717, 1.165) is 82.1 Å². The number of hydrogen-bond donors (Lipinski definition) is 3. The Morgan fingerprint density at radius 3 is 2.38 bits per heavy atom. The van der Waals surface area contributed by atoms with Crippen LogP contribution in [0, 0.1) is 12.8 Å². The second-order valence-electron chi connectivity index (χ2n) is 14.9. The first-order chi connectivity index (χ1) is 27.0. The van der Waals surface area contributed by atoms with Crippen LogP contribution in [0.15, 0.2) is 85.0 Å². The van der Waals surface area contributed by atoms with Crippen molar-refractivity contribution in [3.63, 3.8) is 0 Å². The van der Waals surface area contributed by atoms with E-state index in [1.54, 1.807) is 11.1 Å². The van der Waals surface area contributed by atoms with Crippen molar-refractivity contribution in [3.05, 3.63) is 101 Å². The molecule has 2 aromatic heterocycles. The summed E-state index contributed by atoms with van der Waals surface area (Å²) in [6, 6.07) is 16.2. The normalized spacial score (nSPS) is 15.2. The molecule has 2 aromatic carbocycles. The van der Waals surface area contributed by atoms with Gasteiger partial charge in [0.05, 0.1) is 16.4 Å². The fraction of sp³-hybridized carbons (Fsp3) is 0.457. The molecule has 1 atom stereocenters. The maximum Gasteiger partial charge on any atom is 0.325 e. The lowest BCUT2D eigenvalue weighted by Crippen LogP contribution is -2.41. The van der Waals surface area contributed by atoms with Gasteiger partial charge in [-0.05, 0) is 87.0 Å². The zero-order chi connectivity index (χ0) is 40.8. The number of carbonyl (C=O) groups is 1. The molecule has 1 saturated carbocycles. The van der Waals surface area contributed by atoms with Crippen molar-refractivity contribution in [2.75, 3.05) is 51.9 Å². The summed E-state index contributed by atoms with van der Waals surface area (Å²) in [7, 11) is 7.92. The number of allylic oxidation sites excluding steroid dienone is 1. The van der Waals surface area contributed by atoms with Gasteiger partial charge in [-0.2, -0.15) is 0 Å². The summed E-state index contributed by atoms with van der Waals surface area (Å²) in [4.78, 5) is 28.9. The number of rotatable bonds is 11. The van der Waals surface area contributed by atoms with Gasteiger partial charge in [0, 0.05) is 88.0 Å². The number of urea groups is 1. The predicted molar refractivity (Wildman–Crippen MR) is 239 cm³/mol. The molecular weight excluding hydrogens is 716 g/mol. The van der Waals surface area contributed by atoms with Crippen molar-refractivity contribution >= 4 is 45.7 Å². The van der Waals surface area contributed by atoms with Crippen LogP contribution in [0.25, 0.3) is 22.0 Å². The fourth-order valence-corrected chi connectivity index (χ4v) is 7.37. The van der Waals surface area contributed by atoms with E-state index in [2.05, 4.69) is 77.3 Å². The van der Waals surface area contributed by atoms with Crippen molar-refractivity contribution in [2.45, 2.75) is 92.2 Å². The summed E-state index contributed by atoms with van der Waals surface area (Å²) in [5.41, 5.74) is 8.33. The molecule has 3 N–H and O–H groups in total. The van der Waals surface area contributed by atoms with E-state index in [0.29, 0.717) is 29.1 Å². The minimum absolute atomic E-state index is 0.232. The Balaban J connectivity index is 0.000000612. The summed E-state index contributed by atoms with van der Waals surface area (Å²) in [6.45, 7) is 16.6. The van der Waals surface area contributed by atoms with Crippen molar-refractivity contribution in [1.29, 1.82) is 0 Å². The van der Waals surface area contributed by atoms with Crippen LogP contribution in [0.1, 0.15) is 83.8 Å². The average molecular weight is 782 g/mol. The smallest absolute Gasteiger partial charge is 0.325 e. The van der Waals surface area contributed by atoms with E-state index in [-0.39, 0.29) is 6.03 Å². The molecule has 2 amide bonds. The van der Waals surface area contributed by atoms with E-state index in [1.807, 2.05) is 83.7 Å². The first-order valence-electron chi connectivity index (χ1n) is 20.4. The average Bonchev–Trinajstić information content (AvgIpc) is 3.22. The number of amides is 2. The molecule has 0 saturated heterocycles. The molecule has 0 bridgehead atoms. The zero-order valence-electron chi connectivity index (χ0n) is 35.3. The highest BCUT2D eigenvalue weighted by atomic mass is 35.5. The monoisotopic (exact) mass is 780 g/mol. The number of halogens is 1. The Bertz CT molecular complexity index is 1940. The highest BCUT2D eigenvalue weighted by molar-refractivity contribution is 6.36. The molecule has 3 heterocycles. The molecule has 9 nitrogen and oxygen atoms in total. The van der Waals surface area contributed by atoms with Crippen LogP contribution in [0.3, 0.4) is 0 Å². The molecule has 56 heavy (non-hydrogen) atoms. The fourth-order valence-electron chi connectivity index (χ4n) is 7.10. The lowest BCUT2D eigenvalue weighted by Gasteiger charge is -2.35. The minimum Gasteiger partial charge on any atom is -0.379 e. The van der Waals surface area contributed by atoms with Crippen molar-refractivity contribution in [3.8, 4) is 11.1 Å². The van der Waals surface area contributed by atoms with Crippen LogP contribution in [0.5, 0.6) is 0 Å². The van der Waals surface area contributed by atoms with Gasteiger partial charge < -0.3 is 25.8 Å². The number of fused-ring (bicyclic) bond motifs is 1. The summed E-state index contributed by atoms with van der Waals surface area (Å²) in [6.07, 6.45) is 14.9. The van der Waals surface area contributed by atoms with Gasteiger partial charge in [0.2, 0.25) is 0 Å². The Morgan fingerprint density at radius 2 is 1.71 bits per heavy atom. The Labute approximate surface area is 341 Å². The second kappa shape index (κ2) is 21.8. The molecular formula is C46H65ClN8O. The summed E-state index contributed by atoms with van der Waals surface area (Å²) >= 11 is 7.00. The number of aromatic nitrogens is 2. The van der Waals surface area contributed by atoms with Crippen molar-refractivity contribution in [1.82, 2.24) is 30.0 Å². The van der Waals surface area contributed by atoms with Crippen LogP contribution in [-0.2, 0) is 6.54 Å². The van der Waals surface area contributed by atoms with Crippen LogP contribution in [0.2, 0.25) is 5.02 Å². The standard InChI is InChI=1S/C36H45ClN8O.C8H14.C2H6/c1-8-23(2)39-20-25-19-26-15-17-38-35(34(26)40-21-25)41-29-13-9-11-27(24(29)3)28-12-10-14-30(33(28)37)42-36(46)45(7)32-22-44(6)18-16-31(32)43(4)5;1-2-8-6-4-3-5-7-8;1-2/h9-15,17,19,21,23,39H,8,16,18,20,22H2,1-7H3,(H,38,41)(H,42,46);2,8H,1,3-7H2;1-2H3. The molecule has 1 unspecified atom stereocenters. The Hall–Kier alpha value is -4.44. The minimum atomic E-state index is -0.232. The second-order valence-corrected chi connectivity index (χ2v) is 15.3. The highest BCUT2D eigenvalue weighted by Crippen LogP contribution is 2.38. The molecule has 1 fully saturated rings. The van der Waals surface area contributed by atoms with Gasteiger partial charge in [-0.15, -0.1) is 6.58 Å². The van der Waals surface area contributed by atoms with E-state index in [1.165, 1.54) is 32.1 Å². The van der Waals surface area contributed by atoms with Gasteiger partial charge in [-0.25, -0.2) is 9.78 Å². The van der Waals surface area contributed by atoms with Crippen LogP contribution < -0.4 is 16.0 Å². The molecule has 0 spiro atoms. The topological polar surface area (TPSA) is 88.7 Å². The third-order valence-corrected chi connectivity index (χ3v) is 11.2. The number of carbonyl (C=O) groups excluding carboxylic acids is 1. The largest absolute Gasteiger partial charge is 0.379 e. The maximum atomic E-state index is 13.5. The van der Waals surface area contributed by atoms with Gasteiger partial charge in [-0.1, -0.05) is 82.0 Å². The quantitative estimate of drug-likeness (QED) is 0.131. The summed E-state index contributed by atoms with van der Waals surface area (Å²) < 4.78 is 0. The molecule has 4 aromatic rings. The van der Waals surface area contributed by atoms with Crippen LogP contribution >= 0.6 is 11.6 Å². The lowest BCUT2D eigenvalue weighted by molar-refractivity contribution is 0.219. The van der Waals surface area contributed by atoms with Gasteiger partial charge in [0.1, 0.15) is 5.52 Å². The predicted octanol–water partition coefficient (Wildman–Crippen LogP) is 11.2. The van der Waals surface area contributed by atoms with E-state index in [4.69, 9.17) is 16.6 Å². The molecule has 1 aliphatic carbocycles. The van der Waals surface area contributed by atoms with E-state index >= 15 is 0 Å². The van der Waals surface area contributed by atoms with Crippen LogP contribution in [0.4, 0.5) is 22.0 Å². The zero-order valence-corrected chi connectivity index (χ0v) is 36.1. The first-order valence-corrected chi connectivity index (χ1v) is 20.8. The number of hydrogen-bond acceptors (Lipinski definition) is 7. The SMILES string of the molecule is C=CC1CCCCC1.CC.CCC(C)NCc1cnc2c(Nc3cccc(-c4cccc(NC(=O)N(C)C5=C(N(C)C)CCN(C)C5)c4Cl)c3C)nccc2c1. The number of nitrogens with one attached hydrogen (secondary N) is 3. The third kappa shape index (κ3) is 11.6. The lowest BCUT2D eigenvalue weighted by atomic mass is 9.90. The molecule has 2 aliphatic rings. The number of benzene rings is 2. The third-order valence-electron chi connectivity index (χ3n) is 10.8. The van der Waals surface area contributed by atoms with Crippen LogP contribution in [-0.4, -0.2) is 78.0 Å². The Morgan fingerprint density at radius 1 is 1.02 bits per heavy atom. The first kappa shape index (κ1) is 44.3. The molecule has 10 heteroatoms. The van der Waals surface area contributed by atoms with E-state index < -0.39 is 0 Å². The molecule has 302 valence electrons. The number of likely N-dealkylation sites (N-methyl/N-ethyl adjacent to an activating group) is 2. The van der Waals surface area contributed by atoms with Gasteiger partial charge in [0.15, 0.2) is 5.82 Å². The summed E-state index contributed by atoms with van der Waals surface area (Å²) in [5.74, 6) is 1.54. The van der Waals surface area contributed by atoms with Gasteiger partial charge in [0.25, 0.3) is 0 Å². The van der Waals surface area contributed by atoms with Crippen molar-refractivity contribution < 1.29 is 4.79 Å². The van der Waals surface area contributed by atoms with Gasteiger partial charge >= 0.3 is 6.03 Å². The highest BCUT2D eigenvalue weighted by Gasteiger charge is 2.25. The number of nitrogens with zero attached hydrogens (tertiary/aromatic N) is 5. The van der Waals surface area contributed by atoms with Crippen molar-refractivity contribution in [2.24, 2.45) is 5.92 Å². The molecule has 6 rings (SSSR count). The van der Waals surface area contributed by atoms with Gasteiger partial charge in [-0.3, -0.25) is 9.88 Å². The maximum absolute atomic E-state index is 13.5. The number of pyridine rings is 2. The Kier molecular flexibility index (Phi) is 17.2. The molecule has 0 radical (unpaired) electrons. The number of anilines is 3. The molecule has 1 aliphatic heterocycles. The summed E-state index contributed by atoms with van der Waals surface area (Å²) in [5, 5.41) is 11.6.